The molecule has 0 unspecified atom stereocenters. The van der Waals surface area contributed by atoms with Gasteiger partial charge in [-0.05, 0) is 63.6 Å². The summed E-state index contributed by atoms with van der Waals surface area (Å²) in [4.78, 5) is 5.36. The van der Waals surface area contributed by atoms with Crippen LogP contribution in [0.1, 0.15) is 56.9 Å². The second-order valence-electron chi connectivity index (χ2n) is 9.77. The Balaban J connectivity index is 1.42. The van der Waals surface area contributed by atoms with Crippen LogP contribution in [0, 0.1) is 5.92 Å². The zero-order chi connectivity index (χ0) is 22.3. The summed E-state index contributed by atoms with van der Waals surface area (Å²) >= 11 is 0. The monoisotopic (exact) mass is 446 g/mol. The molecule has 4 rings (SSSR count). The normalized spacial score (nSPS) is 23.2. The first-order valence-corrected chi connectivity index (χ1v) is 12.6. The summed E-state index contributed by atoms with van der Waals surface area (Å²) in [5.41, 5.74) is 1.14. The Morgan fingerprint density at radius 3 is 2.16 bits per heavy atom. The molecule has 0 aromatic heterocycles. The molecular formula is C26H42N2O4. The van der Waals surface area contributed by atoms with Gasteiger partial charge < -0.3 is 23.8 Å². The van der Waals surface area contributed by atoms with Gasteiger partial charge in [0.15, 0.2) is 11.5 Å². The molecule has 2 heterocycles. The minimum Gasteiger partial charge on any atom is -0.496 e. The minimum absolute atomic E-state index is 0.347. The van der Waals surface area contributed by atoms with Crippen molar-refractivity contribution in [3.8, 4) is 17.2 Å². The van der Waals surface area contributed by atoms with Crippen molar-refractivity contribution in [1.82, 2.24) is 9.80 Å². The zero-order valence-electron chi connectivity index (χ0n) is 20.3. The standard InChI is InChI=1S/C26H42N2O4/c1-29-24-16-26(31-3)25(30-2)15-21(24)18-27(19-23-9-6-14-32-23)17-20-10-12-28(13-11-20)22-7-4-5-8-22/h15-16,20,22-23H,4-14,17-19H2,1-3H3/t23-/m0/s1. The molecule has 0 radical (unpaired) electrons. The van der Waals surface area contributed by atoms with Gasteiger partial charge in [-0.1, -0.05) is 12.8 Å². The Kier molecular flexibility index (Phi) is 8.55. The van der Waals surface area contributed by atoms with Crippen LogP contribution in [0.15, 0.2) is 12.1 Å². The number of piperidine rings is 1. The van der Waals surface area contributed by atoms with E-state index in [4.69, 9.17) is 18.9 Å². The molecule has 6 nitrogen and oxygen atoms in total. The maximum absolute atomic E-state index is 6.01. The average molecular weight is 447 g/mol. The number of likely N-dealkylation sites (tertiary alicyclic amines) is 1. The number of methoxy groups -OCH3 is 3. The predicted octanol–water partition coefficient (Wildman–Crippen LogP) is 4.35. The maximum atomic E-state index is 6.01. The van der Waals surface area contributed by atoms with Crippen LogP contribution in [-0.4, -0.2) is 76.1 Å². The Bertz CT molecular complexity index is 708. The van der Waals surface area contributed by atoms with Gasteiger partial charge in [0, 0.05) is 43.9 Å². The van der Waals surface area contributed by atoms with E-state index < -0.39 is 0 Å². The highest BCUT2D eigenvalue weighted by Crippen LogP contribution is 2.36. The molecule has 0 amide bonds. The van der Waals surface area contributed by atoms with Crippen molar-refractivity contribution in [2.75, 3.05) is 54.1 Å². The van der Waals surface area contributed by atoms with Gasteiger partial charge in [-0.25, -0.2) is 0 Å². The number of hydrogen-bond acceptors (Lipinski definition) is 6. The van der Waals surface area contributed by atoms with Crippen LogP contribution >= 0.6 is 0 Å². The molecule has 1 aromatic rings. The topological polar surface area (TPSA) is 43.4 Å². The third-order valence-electron chi connectivity index (χ3n) is 7.67. The van der Waals surface area contributed by atoms with Crippen molar-refractivity contribution < 1.29 is 18.9 Å². The van der Waals surface area contributed by atoms with E-state index in [1.54, 1.807) is 21.3 Å². The highest BCUT2D eigenvalue weighted by Gasteiger charge is 2.29. The largest absolute Gasteiger partial charge is 0.496 e. The lowest BCUT2D eigenvalue weighted by atomic mass is 9.94. The van der Waals surface area contributed by atoms with Crippen LogP contribution in [0.4, 0.5) is 0 Å². The van der Waals surface area contributed by atoms with Crippen LogP contribution < -0.4 is 14.2 Å². The summed E-state index contributed by atoms with van der Waals surface area (Å²) in [5, 5.41) is 0. The second kappa shape index (κ2) is 11.6. The van der Waals surface area contributed by atoms with Crippen LogP contribution in [0.25, 0.3) is 0 Å². The van der Waals surface area contributed by atoms with Crippen molar-refractivity contribution in [1.29, 1.82) is 0 Å². The molecule has 1 atom stereocenters. The molecule has 0 N–H and O–H groups in total. The van der Waals surface area contributed by atoms with Gasteiger partial charge in [0.05, 0.1) is 27.4 Å². The third kappa shape index (κ3) is 5.89. The number of rotatable bonds is 10. The fourth-order valence-electron chi connectivity index (χ4n) is 5.87. The summed E-state index contributed by atoms with van der Waals surface area (Å²) < 4.78 is 22.8. The van der Waals surface area contributed by atoms with Gasteiger partial charge >= 0.3 is 0 Å². The van der Waals surface area contributed by atoms with Gasteiger partial charge in [-0.3, -0.25) is 4.90 Å². The number of benzene rings is 1. The van der Waals surface area contributed by atoms with Gasteiger partial charge in [0.2, 0.25) is 0 Å². The molecular weight excluding hydrogens is 404 g/mol. The van der Waals surface area contributed by atoms with Crippen molar-refractivity contribution in [2.45, 2.75) is 70.1 Å². The fourth-order valence-corrected chi connectivity index (χ4v) is 5.87. The van der Waals surface area contributed by atoms with Crippen molar-refractivity contribution in [2.24, 2.45) is 5.92 Å². The number of hydrogen-bond donors (Lipinski definition) is 0. The smallest absolute Gasteiger partial charge is 0.164 e. The van der Waals surface area contributed by atoms with Gasteiger partial charge in [0.1, 0.15) is 5.75 Å². The molecule has 1 saturated carbocycles. The molecule has 6 heteroatoms. The molecule has 32 heavy (non-hydrogen) atoms. The first-order chi connectivity index (χ1) is 15.7. The number of nitrogens with zero attached hydrogens (tertiary/aromatic N) is 2. The first kappa shape index (κ1) is 23.7. The first-order valence-electron chi connectivity index (χ1n) is 12.6. The molecule has 3 fully saturated rings. The van der Waals surface area contributed by atoms with E-state index in [-0.39, 0.29) is 0 Å². The van der Waals surface area contributed by atoms with Crippen LogP contribution in [0.3, 0.4) is 0 Å². The highest BCUT2D eigenvalue weighted by atomic mass is 16.5. The molecule has 1 aromatic carbocycles. The van der Waals surface area contributed by atoms with E-state index >= 15 is 0 Å². The van der Waals surface area contributed by atoms with Gasteiger partial charge in [0.25, 0.3) is 0 Å². The third-order valence-corrected chi connectivity index (χ3v) is 7.67. The fraction of sp³-hybridized carbons (Fsp3) is 0.769. The van der Waals surface area contributed by atoms with E-state index in [1.165, 1.54) is 64.5 Å². The second-order valence-corrected chi connectivity index (χ2v) is 9.77. The van der Waals surface area contributed by atoms with Crippen LogP contribution in [0.5, 0.6) is 17.2 Å². The lowest BCUT2D eigenvalue weighted by molar-refractivity contribution is 0.0537. The Morgan fingerprint density at radius 1 is 0.844 bits per heavy atom. The van der Waals surface area contributed by atoms with E-state index in [1.807, 2.05) is 6.07 Å². The summed E-state index contributed by atoms with van der Waals surface area (Å²) in [6.45, 7) is 6.38. The predicted molar refractivity (Wildman–Crippen MR) is 127 cm³/mol. The lowest BCUT2D eigenvalue weighted by Crippen LogP contribution is -2.43. The van der Waals surface area contributed by atoms with E-state index in [2.05, 4.69) is 15.9 Å². The summed E-state index contributed by atoms with van der Waals surface area (Å²) in [6.07, 6.45) is 11.0. The molecule has 0 bridgehead atoms. The van der Waals surface area contributed by atoms with Crippen molar-refractivity contribution in [3.63, 3.8) is 0 Å². The Labute approximate surface area is 194 Å². The SMILES string of the molecule is COc1cc(OC)c(OC)cc1CN(CC1CCN(C2CCCC2)CC1)C[C@@H]1CCCO1. The average Bonchev–Trinajstić information content (AvgIpc) is 3.54. The van der Waals surface area contributed by atoms with E-state index in [9.17, 15) is 0 Å². The summed E-state index contributed by atoms with van der Waals surface area (Å²) in [5.74, 6) is 3.07. The summed E-state index contributed by atoms with van der Waals surface area (Å²) in [6, 6.07) is 4.87. The zero-order valence-corrected chi connectivity index (χ0v) is 20.3. The molecule has 180 valence electrons. The van der Waals surface area contributed by atoms with Crippen molar-refractivity contribution >= 4 is 0 Å². The molecule has 1 aliphatic carbocycles. The van der Waals surface area contributed by atoms with Gasteiger partial charge in [-0.2, -0.15) is 0 Å². The Hall–Kier alpha value is -1.50. The van der Waals surface area contributed by atoms with Gasteiger partial charge in [-0.15, -0.1) is 0 Å². The molecule has 2 saturated heterocycles. The van der Waals surface area contributed by atoms with Crippen LogP contribution in [-0.2, 0) is 11.3 Å². The number of ether oxygens (including phenoxy) is 4. The molecule has 2 aliphatic heterocycles. The van der Waals surface area contributed by atoms with E-state index in [0.29, 0.717) is 11.9 Å². The minimum atomic E-state index is 0.347. The lowest BCUT2D eigenvalue weighted by Gasteiger charge is -2.38. The Morgan fingerprint density at radius 2 is 1.53 bits per heavy atom. The van der Waals surface area contributed by atoms with Crippen molar-refractivity contribution in [3.05, 3.63) is 17.7 Å². The van der Waals surface area contributed by atoms with Crippen LogP contribution in [0.2, 0.25) is 0 Å². The van der Waals surface area contributed by atoms with E-state index in [0.717, 1.165) is 55.3 Å². The summed E-state index contributed by atoms with van der Waals surface area (Å²) in [7, 11) is 5.09. The molecule has 0 spiro atoms. The highest BCUT2D eigenvalue weighted by molar-refractivity contribution is 5.50. The maximum Gasteiger partial charge on any atom is 0.164 e. The quantitative estimate of drug-likeness (QED) is 0.532. The molecule has 3 aliphatic rings.